The quantitative estimate of drug-likeness (QED) is 0.118. The van der Waals surface area contributed by atoms with Crippen LogP contribution in [0.3, 0.4) is 0 Å². The van der Waals surface area contributed by atoms with Crippen molar-refractivity contribution in [1.29, 1.82) is 0 Å². The van der Waals surface area contributed by atoms with E-state index in [1.807, 2.05) is 0 Å². The first-order valence-electron chi connectivity index (χ1n) is 12.0. The number of ether oxygens (including phenoxy) is 3. The number of carbonyl (C=O) groups excluding carboxylic acids is 2. The van der Waals surface area contributed by atoms with Crippen LogP contribution >= 0.6 is 0 Å². The molecule has 2 aromatic heterocycles. The van der Waals surface area contributed by atoms with Crippen molar-refractivity contribution in [3.8, 4) is 0 Å². The lowest BCUT2D eigenvalue weighted by Gasteiger charge is -2.29. The summed E-state index contributed by atoms with van der Waals surface area (Å²) >= 11 is 0. The molecule has 0 spiro atoms. The van der Waals surface area contributed by atoms with Crippen LogP contribution in [0.5, 0.6) is 0 Å². The molecule has 1 aliphatic heterocycles. The highest BCUT2D eigenvalue weighted by molar-refractivity contribution is 5.90. The Bertz CT molecular complexity index is 1710. The minimum Gasteiger partial charge on any atom is -0.459 e. The van der Waals surface area contributed by atoms with Crippen LogP contribution in [-0.4, -0.2) is 55.9 Å². The average Bonchev–Trinajstić information content (AvgIpc) is 3.52. The minimum atomic E-state index is -2.03. The van der Waals surface area contributed by atoms with E-state index >= 15 is 4.39 Å². The summed E-state index contributed by atoms with van der Waals surface area (Å²) in [5, 5.41) is 6.77. The second-order valence-electron chi connectivity index (χ2n) is 8.95. The van der Waals surface area contributed by atoms with E-state index in [1.54, 1.807) is 48.5 Å². The number of carbonyl (C=O) groups is 2. The molecule has 16 heteroatoms. The lowest BCUT2D eigenvalue weighted by atomic mass is 9.98. The number of esters is 2. The zero-order valence-corrected chi connectivity index (χ0v) is 21.2. The Kier molecular flexibility index (Phi) is 7.43. The van der Waals surface area contributed by atoms with E-state index < -0.39 is 48.6 Å². The van der Waals surface area contributed by atoms with Crippen LogP contribution < -0.4 is 0 Å². The van der Waals surface area contributed by atoms with Crippen LogP contribution in [0.4, 0.5) is 16.2 Å². The third-order valence-corrected chi connectivity index (χ3v) is 6.24. The Morgan fingerprint density at radius 2 is 1.66 bits per heavy atom. The van der Waals surface area contributed by atoms with Gasteiger partial charge in [-0.2, -0.15) is 0 Å². The minimum absolute atomic E-state index is 0.0302. The molecule has 2 aromatic carbocycles. The van der Waals surface area contributed by atoms with Gasteiger partial charge in [0.2, 0.25) is 5.95 Å². The fourth-order valence-corrected chi connectivity index (χ4v) is 4.31. The number of aromatic nitrogens is 4. The lowest BCUT2D eigenvalue weighted by molar-refractivity contribution is -0.120. The third kappa shape index (κ3) is 5.33. The van der Waals surface area contributed by atoms with Gasteiger partial charge in [-0.15, -0.1) is 0 Å². The number of alkyl halides is 1. The van der Waals surface area contributed by atoms with Gasteiger partial charge in [0.25, 0.3) is 0 Å². The van der Waals surface area contributed by atoms with Crippen LogP contribution in [0.25, 0.3) is 32.0 Å². The molecule has 4 aromatic rings. The Balaban J connectivity index is 1.52. The Hall–Kier alpha value is -5.56. The van der Waals surface area contributed by atoms with Gasteiger partial charge in [-0.25, -0.2) is 28.9 Å². The first-order valence-corrected chi connectivity index (χ1v) is 12.0. The van der Waals surface area contributed by atoms with E-state index in [0.29, 0.717) is 0 Å². The molecular formula is C25H19FN10O5. The topological polar surface area (TPSA) is 203 Å². The fraction of sp³-hybridized carbons (Fsp3) is 0.240. The van der Waals surface area contributed by atoms with Crippen LogP contribution in [-0.2, 0) is 14.2 Å². The smallest absolute Gasteiger partial charge is 0.338 e. The molecule has 0 radical (unpaired) electrons. The molecule has 1 fully saturated rings. The summed E-state index contributed by atoms with van der Waals surface area (Å²) in [6.07, 6.45) is -3.94. The molecule has 206 valence electrons. The molecule has 0 N–H and O–H groups in total. The summed E-state index contributed by atoms with van der Waals surface area (Å²) in [5.41, 5.74) is 16.4. The first-order chi connectivity index (χ1) is 19.8. The maximum Gasteiger partial charge on any atom is 0.338 e. The van der Waals surface area contributed by atoms with Gasteiger partial charge in [-0.3, -0.25) is 4.57 Å². The number of benzene rings is 2. The van der Waals surface area contributed by atoms with Gasteiger partial charge in [0.1, 0.15) is 17.7 Å². The molecule has 0 amide bonds. The van der Waals surface area contributed by atoms with Crippen molar-refractivity contribution >= 4 is 34.9 Å². The summed E-state index contributed by atoms with van der Waals surface area (Å²) in [6.45, 7) is 0.950. The number of azide groups is 2. The maximum absolute atomic E-state index is 16.3. The van der Waals surface area contributed by atoms with E-state index in [1.165, 1.54) is 19.1 Å². The van der Waals surface area contributed by atoms with Gasteiger partial charge in [0.05, 0.1) is 17.5 Å². The summed E-state index contributed by atoms with van der Waals surface area (Å²) in [4.78, 5) is 43.0. The van der Waals surface area contributed by atoms with E-state index in [9.17, 15) is 9.59 Å². The Morgan fingerprint density at radius 1 is 1.02 bits per heavy atom. The molecule has 3 heterocycles. The highest BCUT2D eigenvalue weighted by Gasteiger charge is 2.57. The molecule has 4 atom stereocenters. The number of imidazole rings is 1. The average molecular weight is 558 g/mol. The highest BCUT2D eigenvalue weighted by Crippen LogP contribution is 2.43. The summed E-state index contributed by atoms with van der Waals surface area (Å²) in [6, 6.07) is 16.1. The normalized spacial score (nSPS) is 21.5. The van der Waals surface area contributed by atoms with Crippen LogP contribution in [0.1, 0.15) is 33.9 Å². The van der Waals surface area contributed by atoms with E-state index in [0.717, 1.165) is 10.9 Å². The van der Waals surface area contributed by atoms with Gasteiger partial charge in [0.15, 0.2) is 30.0 Å². The SMILES string of the molecule is C[C@]1(COC(=O)c2ccccc2)O[C@@H](n2cnc3c(N=[N+]=[N-])nc(N=[N+]=[N-])nc32)[C@@H](F)[C@@H]1OC(=O)c1ccccc1. The highest BCUT2D eigenvalue weighted by atomic mass is 19.1. The number of hydrogen-bond donors (Lipinski definition) is 0. The standard InChI is InChI=1S/C25H19FN10O5/c1-25(12-39-22(37)14-8-4-2-5-9-14)18(40-23(38)15-10-6-3-7-11-15)16(26)21(41-25)36-13-29-17-19(32-34-27)30-24(33-35-28)31-20(17)36/h2-11,13,16,18,21H,12H2,1H3/t16-,18-,21+,25+/m0/s1. The zero-order valence-electron chi connectivity index (χ0n) is 21.2. The maximum atomic E-state index is 16.3. The van der Waals surface area contributed by atoms with Gasteiger partial charge < -0.3 is 14.2 Å². The third-order valence-electron chi connectivity index (χ3n) is 6.24. The molecule has 0 aliphatic carbocycles. The second kappa shape index (κ2) is 11.3. The van der Waals surface area contributed by atoms with E-state index in [4.69, 9.17) is 25.3 Å². The lowest BCUT2D eigenvalue weighted by Crippen LogP contribution is -2.46. The largest absolute Gasteiger partial charge is 0.459 e. The van der Waals surface area contributed by atoms with Crippen molar-refractivity contribution in [3.63, 3.8) is 0 Å². The fourth-order valence-electron chi connectivity index (χ4n) is 4.31. The molecule has 41 heavy (non-hydrogen) atoms. The van der Waals surface area contributed by atoms with E-state index in [2.05, 4.69) is 35.0 Å². The van der Waals surface area contributed by atoms with Crippen molar-refractivity contribution < 1.29 is 28.2 Å². The second-order valence-corrected chi connectivity index (χ2v) is 8.95. The molecule has 1 aliphatic rings. The number of hydrogen-bond acceptors (Lipinski definition) is 10. The van der Waals surface area contributed by atoms with Crippen molar-refractivity contribution in [1.82, 2.24) is 19.5 Å². The van der Waals surface area contributed by atoms with Crippen LogP contribution in [0.2, 0.25) is 0 Å². The van der Waals surface area contributed by atoms with Gasteiger partial charge in [-0.05, 0) is 52.5 Å². The van der Waals surface area contributed by atoms with E-state index in [-0.39, 0.29) is 28.1 Å². The molecular weight excluding hydrogens is 539 g/mol. The number of nitrogens with zero attached hydrogens (tertiary/aromatic N) is 10. The number of rotatable bonds is 8. The van der Waals surface area contributed by atoms with Crippen molar-refractivity contribution in [2.75, 3.05) is 6.61 Å². The van der Waals surface area contributed by atoms with Gasteiger partial charge >= 0.3 is 11.9 Å². The molecule has 0 unspecified atom stereocenters. The van der Waals surface area contributed by atoms with Crippen molar-refractivity contribution in [2.45, 2.75) is 31.0 Å². The summed E-state index contributed by atoms with van der Waals surface area (Å²) in [7, 11) is 0. The van der Waals surface area contributed by atoms with Crippen LogP contribution in [0.15, 0.2) is 77.2 Å². The molecule has 0 bridgehead atoms. The van der Waals surface area contributed by atoms with Crippen molar-refractivity contribution in [2.24, 2.45) is 10.2 Å². The predicted octanol–water partition coefficient (Wildman–Crippen LogP) is 5.42. The zero-order chi connectivity index (χ0) is 29.0. The molecule has 0 saturated carbocycles. The Morgan fingerprint density at radius 3 is 2.29 bits per heavy atom. The van der Waals surface area contributed by atoms with Gasteiger partial charge in [0, 0.05) is 9.82 Å². The van der Waals surface area contributed by atoms with Crippen molar-refractivity contribution in [3.05, 3.63) is 99.0 Å². The monoisotopic (exact) mass is 558 g/mol. The number of fused-ring (bicyclic) bond motifs is 1. The van der Waals surface area contributed by atoms with Crippen LogP contribution in [0, 0.1) is 0 Å². The molecule has 15 nitrogen and oxygen atoms in total. The predicted molar refractivity (Wildman–Crippen MR) is 139 cm³/mol. The Labute approximate surface area is 229 Å². The first kappa shape index (κ1) is 27.0. The molecule has 1 saturated heterocycles. The summed E-state index contributed by atoms with van der Waals surface area (Å²) < 4.78 is 34.5. The molecule has 5 rings (SSSR count). The van der Waals surface area contributed by atoms with Gasteiger partial charge in [-0.1, -0.05) is 36.4 Å². The number of halogens is 1. The summed E-state index contributed by atoms with van der Waals surface area (Å²) in [5.74, 6) is -2.19.